The molecule has 2 saturated heterocycles. The number of rotatable bonds is 0. The van der Waals surface area contributed by atoms with Gasteiger partial charge >= 0.3 is 0 Å². The quantitative estimate of drug-likeness (QED) is 0.452. The summed E-state index contributed by atoms with van der Waals surface area (Å²) in [6, 6.07) is 0. The van der Waals surface area contributed by atoms with Gasteiger partial charge in [0.05, 0.1) is 12.7 Å². The fraction of sp³-hybridized carbons (Fsp3) is 0.714. The number of hydrogen-bond donors (Lipinski definition) is 0. The molecule has 50 valence electrons. The van der Waals surface area contributed by atoms with E-state index in [2.05, 4.69) is 6.58 Å². The highest BCUT2D eigenvalue weighted by Gasteiger charge is 2.32. The van der Waals surface area contributed by atoms with Crippen LogP contribution >= 0.6 is 0 Å². The summed E-state index contributed by atoms with van der Waals surface area (Å²) >= 11 is 0. The molecule has 2 unspecified atom stereocenters. The van der Waals surface area contributed by atoms with E-state index in [1.807, 2.05) is 0 Å². The molecule has 2 heteroatoms. The highest BCUT2D eigenvalue weighted by molar-refractivity contribution is 5.07. The van der Waals surface area contributed by atoms with E-state index in [9.17, 15) is 0 Å². The standard InChI is InChI=1S/C7H10O2/c1-5-4-8-7-3-2-6(5)9-7/h6-7H,1-4H2. The van der Waals surface area contributed by atoms with Crippen LogP contribution in [0.4, 0.5) is 0 Å². The van der Waals surface area contributed by atoms with E-state index >= 15 is 0 Å². The third kappa shape index (κ3) is 0.787. The zero-order valence-corrected chi connectivity index (χ0v) is 5.30. The average Bonchev–Trinajstić information content (AvgIpc) is 2.25. The van der Waals surface area contributed by atoms with E-state index in [0.717, 1.165) is 18.4 Å². The third-order valence-corrected chi connectivity index (χ3v) is 1.89. The van der Waals surface area contributed by atoms with E-state index in [1.54, 1.807) is 0 Å². The van der Waals surface area contributed by atoms with Crippen molar-refractivity contribution in [1.29, 1.82) is 0 Å². The molecular weight excluding hydrogens is 116 g/mol. The summed E-state index contributed by atoms with van der Waals surface area (Å²) in [6.07, 6.45) is 2.54. The molecule has 0 spiro atoms. The van der Waals surface area contributed by atoms with E-state index in [0.29, 0.717) is 12.7 Å². The lowest BCUT2D eigenvalue weighted by atomic mass is 10.1. The van der Waals surface area contributed by atoms with Crippen molar-refractivity contribution in [3.63, 3.8) is 0 Å². The van der Waals surface area contributed by atoms with Gasteiger partial charge in [0, 0.05) is 6.42 Å². The highest BCUT2D eigenvalue weighted by Crippen LogP contribution is 2.29. The molecule has 2 heterocycles. The van der Waals surface area contributed by atoms with Crippen molar-refractivity contribution in [2.45, 2.75) is 25.2 Å². The van der Waals surface area contributed by atoms with Crippen molar-refractivity contribution in [2.75, 3.05) is 6.61 Å². The lowest BCUT2D eigenvalue weighted by molar-refractivity contribution is -0.148. The Labute approximate surface area is 54.5 Å². The first-order valence-electron chi connectivity index (χ1n) is 3.31. The predicted octanol–water partition coefficient (Wildman–Crippen LogP) is 1.08. The van der Waals surface area contributed by atoms with Crippen LogP contribution in [0.2, 0.25) is 0 Å². The molecule has 2 rings (SSSR count). The lowest BCUT2D eigenvalue weighted by Gasteiger charge is -2.22. The van der Waals surface area contributed by atoms with Gasteiger partial charge in [-0.3, -0.25) is 0 Å². The topological polar surface area (TPSA) is 18.5 Å². The summed E-state index contributed by atoms with van der Waals surface area (Å²) in [5, 5.41) is 0. The SMILES string of the molecule is C=C1COC2CCC1O2. The molecule has 2 aliphatic heterocycles. The van der Waals surface area contributed by atoms with Crippen LogP contribution in [0, 0.1) is 0 Å². The van der Waals surface area contributed by atoms with Crippen LogP contribution in [0.3, 0.4) is 0 Å². The van der Waals surface area contributed by atoms with Gasteiger partial charge in [0.1, 0.15) is 0 Å². The minimum atomic E-state index is 0.0838. The summed E-state index contributed by atoms with van der Waals surface area (Å²) in [7, 11) is 0. The van der Waals surface area contributed by atoms with Crippen LogP contribution in [0.5, 0.6) is 0 Å². The Balaban J connectivity index is 2.14. The maximum Gasteiger partial charge on any atom is 0.158 e. The van der Waals surface area contributed by atoms with Crippen molar-refractivity contribution in [1.82, 2.24) is 0 Å². The minimum absolute atomic E-state index is 0.0838. The second kappa shape index (κ2) is 1.82. The Morgan fingerprint density at radius 2 is 2.33 bits per heavy atom. The van der Waals surface area contributed by atoms with Crippen LogP contribution in [0.25, 0.3) is 0 Å². The molecule has 2 bridgehead atoms. The molecule has 9 heavy (non-hydrogen) atoms. The molecule has 0 amide bonds. The Bertz CT molecular complexity index is 142. The summed E-state index contributed by atoms with van der Waals surface area (Å²) in [5.41, 5.74) is 1.10. The van der Waals surface area contributed by atoms with Gasteiger partial charge in [0.25, 0.3) is 0 Å². The van der Waals surface area contributed by atoms with Gasteiger partial charge in [-0.15, -0.1) is 0 Å². The fourth-order valence-electron chi connectivity index (χ4n) is 1.32. The van der Waals surface area contributed by atoms with Crippen molar-refractivity contribution in [3.05, 3.63) is 12.2 Å². The van der Waals surface area contributed by atoms with Gasteiger partial charge in [0.2, 0.25) is 0 Å². The summed E-state index contributed by atoms with van der Waals surface area (Å²) in [4.78, 5) is 0. The van der Waals surface area contributed by atoms with Gasteiger partial charge in [-0.1, -0.05) is 6.58 Å². The first-order chi connectivity index (χ1) is 4.36. The Morgan fingerprint density at radius 1 is 1.44 bits per heavy atom. The summed E-state index contributed by atoms with van der Waals surface area (Å²) in [5.74, 6) is 0. The molecule has 0 aromatic heterocycles. The number of fused-ring (bicyclic) bond motifs is 2. The molecule has 2 fully saturated rings. The average molecular weight is 126 g/mol. The molecule has 2 nitrogen and oxygen atoms in total. The maximum absolute atomic E-state index is 5.39. The molecule has 0 N–H and O–H groups in total. The molecule has 2 atom stereocenters. The van der Waals surface area contributed by atoms with Gasteiger partial charge < -0.3 is 9.47 Å². The van der Waals surface area contributed by atoms with Crippen LogP contribution < -0.4 is 0 Å². The fourth-order valence-corrected chi connectivity index (χ4v) is 1.32. The van der Waals surface area contributed by atoms with Gasteiger partial charge in [0.15, 0.2) is 6.29 Å². The van der Waals surface area contributed by atoms with Gasteiger partial charge in [-0.05, 0) is 12.0 Å². The first kappa shape index (κ1) is 5.45. The largest absolute Gasteiger partial charge is 0.348 e. The van der Waals surface area contributed by atoms with Crippen molar-refractivity contribution in [3.8, 4) is 0 Å². The van der Waals surface area contributed by atoms with E-state index in [-0.39, 0.29) is 6.29 Å². The van der Waals surface area contributed by atoms with Crippen LogP contribution in [0.1, 0.15) is 12.8 Å². The van der Waals surface area contributed by atoms with Gasteiger partial charge in [-0.25, -0.2) is 0 Å². The van der Waals surface area contributed by atoms with Crippen LogP contribution in [-0.2, 0) is 9.47 Å². The molecule has 0 aromatic rings. The number of ether oxygens (including phenoxy) is 2. The third-order valence-electron chi connectivity index (χ3n) is 1.89. The summed E-state index contributed by atoms with van der Waals surface area (Å²) in [6.45, 7) is 4.55. The molecule has 0 radical (unpaired) electrons. The maximum atomic E-state index is 5.39. The zero-order chi connectivity index (χ0) is 6.27. The number of hydrogen-bond acceptors (Lipinski definition) is 2. The Kier molecular flexibility index (Phi) is 1.10. The highest BCUT2D eigenvalue weighted by atomic mass is 16.7. The smallest absolute Gasteiger partial charge is 0.158 e. The molecule has 0 aliphatic carbocycles. The molecule has 0 aromatic carbocycles. The van der Waals surface area contributed by atoms with E-state index in [4.69, 9.17) is 9.47 Å². The Morgan fingerprint density at radius 3 is 3.11 bits per heavy atom. The second-order valence-corrected chi connectivity index (χ2v) is 2.60. The van der Waals surface area contributed by atoms with E-state index < -0.39 is 0 Å². The zero-order valence-electron chi connectivity index (χ0n) is 5.30. The molecule has 2 aliphatic rings. The minimum Gasteiger partial charge on any atom is -0.348 e. The second-order valence-electron chi connectivity index (χ2n) is 2.60. The lowest BCUT2D eigenvalue weighted by Crippen LogP contribution is -2.25. The molecule has 0 saturated carbocycles. The van der Waals surface area contributed by atoms with E-state index in [1.165, 1.54) is 0 Å². The molecular formula is C7H10O2. The van der Waals surface area contributed by atoms with Crippen LogP contribution in [-0.4, -0.2) is 19.0 Å². The monoisotopic (exact) mass is 126 g/mol. The predicted molar refractivity (Wildman–Crippen MR) is 33.0 cm³/mol. The summed E-state index contributed by atoms with van der Waals surface area (Å²) < 4.78 is 10.6. The van der Waals surface area contributed by atoms with Crippen molar-refractivity contribution in [2.24, 2.45) is 0 Å². The normalized spacial score (nSPS) is 41.6. The van der Waals surface area contributed by atoms with Crippen molar-refractivity contribution < 1.29 is 9.47 Å². The van der Waals surface area contributed by atoms with Crippen LogP contribution in [0.15, 0.2) is 12.2 Å². The first-order valence-corrected chi connectivity index (χ1v) is 3.31. The Hall–Kier alpha value is -0.340. The van der Waals surface area contributed by atoms with Gasteiger partial charge in [-0.2, -0.15) is 0 Å². The van der Waals surface area contributed by atoms with Crippen molar-refractivity contribution >= 4 is 0 Å².